The molecule has 0 amide bonds. The molecule has 0 saturated heterocycles. The normalized spacial score (nSPS) is 10.5. The summed E-state index contributed by atoms with van der Waals surface area (Å²) in [7, 11) is 1.84. The molecule has 1 aromatic carbocycles. The zero-order valence-electron chi connectivity index (χ0n) is 11.0. The number of hydrogen-bond acceptors (Lipinski definition) is 4. The van der Waals surface area contributed by atoms with Crippen LogP contribution in [0.25, 0.3) is 0 Å². The molecule has 100 valence electrons. The van der Waals surface area contributed by atoms with Gasteiger partial charge in [-0.25, -0.2) is 9.97 Å². The van der Waals surface area contributed by atoms with Crippen LogP contribution in [0.1, 0.15) is 17.1 Å². The summed E-state index contributed by atoms with van der Waals surface area (Å²) in [5.74, 6) is 1.50. The first-order valence-corrected chi connectivity index (χ1v) is 6.82. The Kier molecular flexibility index (Phi) is 4.87. The second kappa shape index (κ2) is 6.63. The van der Waals surface area contributed by atoms with E-state index in [-0.39, 0.29) is 0 Å². The van der Waals surface area contributed by atoms with Crippen LogP contribution in [0.3, 0.4) is 0 Å². The van der Waals surface area contributed by atoms with Gasteiger partial charge in [-0.1, -0.05) is 34.1 Å². The minimum atomic E-state index is 0.400. The Morgan fingerprint density at radius 2 is 2.00 bits per heavy atom. The summed E-state index contributed by atoms with van der Waals surface area (Å²) >= 11 is 3.50. The van der Waals surface area contributed by atoms with Gasteiger partial charge in [-0.2, -0.15) is 0 Å². The van der Waals surface area contributed by atoms with E-state index in [0.717, 1.165) is 21.5 Å². The SMILES string of the molecule is CNc1cc(C)nc(COCc2ccccc2Br)n1. The van der Waals surface area contributed by atoms with Gasteiger partial charge in [-0.05, 0) is 18.6 Å². The first-order chi connectivity index (χ1) is 9.19. The van der Waals surface area contributed by atoms with Crippen molar-refractivity contribution < 1.29 is 4.74 Å². The number of ether oxygens (including phenoxy) is 1. The van der Waals surface area contributed by atoms with Crippen molar-refractivity contribution in [3.63, 3.8) is 0 Å². The van der Waals surface area contributed by atoms with Crippen LogP contribution in [-0.4, -0.2) is 17.0 Å². The van der Waals surface area contributed by atoms with Crippen molar-refractivity contribution in [1.29, 1.82) is 0 Å². The van der Waals surface area contributed by atoms with E-state index in [4.69, 9.17) is 4.74 Å². The van der Waals surface area contributed by atoms with E-state index in [9.17, 15) is 0 Å². The van der Waals surface area contributed by atoms with Crippen LogP contribution >= 0.6 is 15.9 Å². The molecule has 0 radical (unpaired) electrons. The number of aromatic nitrogens is 2. The van der Waals surface area contributed by atoms with Crippen LogP contribution in [-0.2, 0) is 18.0 Å². The summed E-state index contributed by atoms with van der Waals surface area (Å²) in [6.07, 6.45) is 0. The second-order valence-corrected chi connectivity index (χ2v) is 5.00. The molecule has 4 nitrogen and oxygen atoms in total. The van der Waals surface area contributed by atoms with Crippen molar-refractivity contribution in [3.05, 3.63) is 51.9 Å². The summed E-state index contributed by atoms with van der Waals surface area (Å²) in [6, 6.07) is 9.90. The lowest BCUT2D eigenvalue weighted by Crippen LogP contribution is -2.04. The Hall–Kier alpha value is -1.46. The molecule has 0 aliphatic carbocycles. The van der Waals surface area contributed by atoms with Crippen LogP contribution in [0.5, 0.6) is 0 Å². The molecule has 0 aliphatic rings. The Labute approximate surface area is 121 Å². The minimum Gasteiger partial charge on any atom is -0.373 e. The number of nitrogens with zero attached hydrogens (tertiary/aromatic N) is 2. The van der Waals surface area contributed by atoms with E-state index in [0.29, 0.717) is 19.0 Å². The Morgan fingerprint density at radius 3 is 2.74 bits per heavy atom. The summed E-state index contributed by atoms with van der Waals surface area (Å²) in [5, 5.41) is 3.01. The first kappa shape index (κ1) is 14.0. The van der Waals surface area contributed by atoms with Crippen molar-refractivity contribution in [2.24, 2.45) is 0 Å². The molecule has 0 bridgehead atoms. The molecule has 2 aromatic rings. The molecule has 2 rings (SSSR count). The number of benzene rings is 1. The van der Waals surface area contributed by atoms with E-state index in [1.807, 2.05) is 44.3 Å². The molecule has 0 unspecified atom stereocenters. The Bertz CT molecular complexity index is 560. The highest BCUT2D eigenvalue weighted by molar-refractivity contribution is 9.10. The van der Waals surface area contributed by atoms with E-state index in [1.165, 1.54) is 0 Å². The molecular weight excluding hydrogens is 306 g/mol. The smallest absolute Gasteiger partial charge is 0.156 e. The standard InChI is InChI=1S/C14H16BrN3O/c1-10-7-13(16-2)18-14(17-10)9-19-8-11-5-3-4-6-12(11)15/h3-7H,8-9H2,1-2H3,(H,16,17,18). The molecule has 19 heavy (non-hydrogen) atoms. The van der Waals surface area contributed by atoms with E-state index in [2.05, 4.69) is 31.2 Å². The first-order valence-electron chi connectivity index (χ1n) is 6.02. The number of aryl methyl sites for hydroxylation is 1. The van der Waals surface area contributed by atoms with Crippen LogP contribution in [0.15, 0.2) is 34.8 Å². The zero-order chi connectivity index (χ0) is 13.7. The van der Waals surface area contributed by atoms with Crippen LogP contribution < -0.4 is 5.32 Å². The van der Waals surface area contributed by atoms with Crippen molar-refractivity contribution in [2.45, 2.75) is 20.1 Å². The quantitative estimate of drug-likeness (QED) is 0.917. The van der Waals surface area contributed by atoms with Gasteiger partial charge in [0, 0.05) is 23.3 Å². The maximum Gasteiger partial charge on any atom is 0.156 e. The highest BCUT2D eigenvalue weighted by atomic mass is 79.9. The predicted octanol–water partition coefficient (Wildman–Crippen LogP) is 3.31. The molecular formula is C14H16BrN3O. The molecule has 1 heterocycles. The van der Waals surface area contributed by atoms with Gasteiger partial charge in [0.1, 0.15) is 12.4 Å². The van der Waals surface area contributed by atoms with E-state index in [1.54, 1.807) is 0 Å². The number of hydrogen-bond donors (Lipinski definition) is 1. The lowest BCUT2D eigenvalue weighted by atomic mass is 10.2. The summed E-state index contributed by atoms with van der Waals surface area (Å²) < 4.78 is 6.71. The van der Waals surface area contributed by atoms with Crippen LogP contribution in [0.2, 0.25) is 0 Å². The summed E-state index contributed by atoms with van der Waals surface area (Å²) in [6.45, 7) is 2.88. The number of halogens is 1. The maximum atomic E-state index is 5.66. The third-order valence-corrected chi connectivity index (χ3v) is 3.38. The fourth-order valence-electron chi connectivity index (χ4n) is 1.69. The second-order valence-electron chi connectivity index (χ2n) is 4.15. The number of nitrogens with one attached hydrogen (secondary N) is 1. The minimum absolute atomic E-state index is 0.400. The highest BCUT2D eigenvalue weighted by Gasteiger charge is 2.03. The van der Waals surface area contributed by atoms with E-state index < -0.39 is 0 Å². The molecule has 1 aromatic heterocycles. The third-order valence-electron chi connectivity index (χ3n) is 2.60. The monoisotopic (exact) mass is 321 g/mol. The largest absolute Gasteiger partial charge is 0.373 e. The third kappa shape index (κ3) is 4.01. The molecule has 0 spiro atoms. The van der Waals surface area contributed by atoms with Crippen LogP contribution in [0.4, 0.5) is 5.82 Å². The number of anilines is 1. The molecule has 0 fully saturated rings. The lowest BCUT2D eigenvalue weighted by molar-refractivity contribution is 0.101. The van der Waals surface area contributed by atoms with Gasteiger partial charge in [-0.15, -0.1) is 0 Å². The predicted molar refractivity (Wildman–Crippen MR) is 79.0 cm³/mol. The summed E-state index contributed by atoms with van der Waals surface area (Å²) in [5.41, 5.74) is 2.04. The van der Waals surface area contributed by atoms with E-state index >= 15 is 0 Å². The highest BCUT2D eigenvalue weighted by Crippen LogP contribution is 2.17. The number of rotatable bonds is 5. The fraction of sp³-hybridized carbons (Fsp3) is 0.286. The van der Waals surface area contributed by atoms with Gasteiger partial charge < -0.3 is 10.1 Å². The molecule has 0 atom stereocenters. The van der Waals surface area contributed by atoms with Crippen LogP contribution in [0, 0.1) is 6.92 Å². The van der Waals surface area contributed by atoms with Gasteiger partial charge >= 0.3 is 0 Å². The fourth-order valence-corrected chi connectivity index (χ4v) is 2.09. The Morgan fingerprint density at radius 1 is 1.21 bits per heavy atom. The molecule has 0 aliphatic heterocycles. The van der Waals surface area contributed by atoms with Gasteiger partial charge in [0.15, 0.2) is 5.82 Å². The van der Waals surface area contributed by atoms with Crippen molar-refractivity contribution in [3.8, 4) is 0 Å². The Balaban J connectivity index is 1.96. The van der Waals surface area contributed by atoms with Gasteiger partial charge in [0.05, 0.1) is 6.61 Å². The van der Waals surface area contributed by atoms with Gasteiger partial charge in [0.2, 0.25) is 0 Å². The lowest BCUT2D eigenvalue weighted by Gasteiger charge is -2.07. The topological polar surface area (TPSA) is 47.0 Å². The summed E-state index contributed by atoms with van der Waals surface area (Å²) in [4.78, 5) is 8.69. The van der Waals surface area contributed by atoms with Gasteiger partial charge in [-0.3, -0.25) is 0 Å². The van der Waals surface area contributed by atoms with Crippen molar-refractivity contribution in [2.75, 3.05) is 12.4 Å². The average molecular weight is 322 g/mol. The molecule has 1 N–H and O–H groups in total. The zero-order valence-corrected chi connectivity index (χ0v) is 12.6. The average Bonchev–Trinajstić information content (AvgIpc) is 2.40. The molecule has 5 heteroatoms. The van der Waals surface area contributed by atoms with Gasteiger partial charge in [0.25, 0.3) is 0 Å². The molecule has 0 saturated carbocycles. The van der Waals surface area contributed by atoms with Crippen molar-refractivity contribution in [1.82, 2.24) is 9.97 Å². The maximum absolute atomic E-state index is 5.66. The van der Waals surface area contributed by atoms with Crippen molar-refractivity contribution >= 4 is 21.7 Å².